The number of H-pyrrole nitrogens is 1. The first-order valence-corrected chi connectivity index (χ1v) is 6.56. The van der Waals surface area contributed by atoms with Crippen LogP contribution in [0.1, 0.15) is 28.5 Å². The molecule has 0 aliphatic rings. The first-order valence-electron chi connectivity index (χ1n) is 5.28. The zero-order valence-corrected chi connectivity index (χ0v) is 11.5. The van der Waals surface area contributed by atoms with Crippen molar-refractivity contribution in [1.82, 2.24) is 4.98 Å². The Hall–Kier alpha value is -1.77. The summed E-state index contributed by atoms with van der Waals surface area (Å²) in [6.07, 6.45) is 0. The van der Waals surface area contributed by atoms with Crippen LogP contribution in [0.2, 0.25) is 0 Å². The van der Waals surface area contributed by atoms with Gasteiger partial charge in [-0.15, -0.1) is 11.3 Å². The predicted molar refractivity (Wildman–Crippen MR) is 74.4 cm³/mol. The largest absolute Gasteiger partial charge is 0.349 e. The number of aryl methyl sites for hydroxylation is 1. The lowest BCUT2D eigenvalue weighted by atomic mass is 9.98. The van der Waals surface area contributed by atoms with E-state index in [1.165, 1.54) is 18.3 Å². The molecular weight excluding hydrogens is 264 g/mol. The Bertz CT molecular complexity index is 706. The molecule has 5 heteroatoms. The lowest BCUT2D eigenvalue weighted by Crippen LogP contribution is -2.05. The molecule has 0 bridgehead atoms. The number of thiophene rings is 1. The van der Waals surface area contributed by atoms with Crippen molar-refractivity contribution in [2.75, 3.05) is 0 Å². The van der Waals surface area contributed by atoms with Gasteiger partial charge in [0.1, 0.15) is 10.7 Å². The van der Waals surface area contributed by atoms with E-state index in [2.05, 4.69) is 11.1 Å². The number of carbonyl (C=O) groups excluding carboxylic acids is 1. The zero-order valence-electron chi connectivity index (χ0n) is 9.90. The number of hydrogen-bond donors (Lipinski definition) is 1. The zero-order chi connectivity index (χ0) is 13.3. The molecule has 0 aromatic carbocycles. The highest BCUT2D eigenvalue weighted by Crippen LogP contribution is 2.33. The van der Waals surface area contributed by atoms with Gasteiger partial charge in [0.2, 0.25) is 0 Å². The van der Waals surface area contributed by atoms with Crippen LogP contribution in [0.3, 0.4) is 0 Å². The van der Waals surface area contributed by atoms with Crippen molar-refractivity contribution in [3.63, 3.8) is 0 Å². The molecule has 0 amide bonds. The highest BCUT2D eigenvalue weighted by Gasteiger charge is 2.19. The number of pyridine rings is 1. The summed E-state index contributed by atoms with van der Waals surface area (Å²) in [4.78, 5) is 15.6. The number of aromatic nitrogens is 1. The van der Waals surface area contributed by atoms with Crippen molar-refractivity contribution < 1.29 is 4.79 Å². The van der Waals surface area contributed by atoms with Crippen molar-refractivity contribution in [2.45, 2.75) is 13.8 Å². The van der Waals surface area contributed by atoms with Crippen molar-refractivity contribution in [2.24, 2.45) is 0 Å². The molecule has 0 saturated heterocycles. The minimum Gasteiger partial charge on any atom is -0.349 e. The van der Waals surface area contributed by atoms with Gasteiger partial charge in [0.15, 0.2) is 5.78 Å². The molecule has 2 rings (SSSR count). The molecule has 1 N–H and O–H groups in total. The van der Waals surface area contributed by atoms with Crippen LogP contribution in [0.15, 0.2) is 17.5 Å². The summed E-state index contributed by atoms with van der Waals surface area (Å²) in [6.45, 7) is 3.29. The van der Waals surface area contributed by atoms with Crippen LogP contribution >= 0.6 is 23.6 Å². The fraction of sp³-hybridized carbons (Fsp3) is 0.154. The van der Waals surface area contributed by atoms with Crippen LogP contribution in [-0.4, -0.2) is 10.8 Å². The predicted octanol–water partition coefficient (Wildman–Crippen LogP) is 3.86. The van der Waals surface area contributed by atoms with Crippen LogP contribution in [0.25, 0.3) is 10.4 Å². The molecule has 0 radical (unpaired) electrons. The summed E-state index contributed by atoms with van der Waals surface area (Å²) in [6, 6.07) is 5.87. The summed E-state index contributed by atoms with van der Waals surface area (Å²) < 4.78 is 0.378. The van der Waals surface area contributed by atoms with Gasteiger partial charge in [0.25, 0.3) is 0 Å². The molecule has 0 fully saturated rings. The summed E-state index contributed by atoms with van der Waals surface area (Å²) in [5, 5.41) is 11.2. The van der Waals surface area contributed by atoms with Crippen LogP contribution in [0.5, 0.6) is 0 Å². The van der Waals surface area contributed by atoms with Gasteiger partial charge in [0, 0.05) is 21.7 Å². The molecule has 0 atom stereocenters. The van der Waals surface area contributed by atoms with Gasteiger partial charge < -0.3 is 4.98 Å². The highest BCUT2D eigenvalue weighted by molar-refractivity contribution is 7.71. The van der Waals surface area contributed by atoms with Crippen molar-refractivity contribution in [3.05, 3.63) is 39.0 Å². The number of hydrogen-bond acceptors (Lipinski definition) is 4. The van der Waals surface area contributed by atoms with Gasteiger partial charge >= 0.3 is 0 Å². The first-order chi connectivity index (χ1) is 8.56. The van der Waals surface area contributed by atoms with Crippen molar-refractivity contribution >= 4 is 29.3 Å². The number of aromatic amines is 1. The lowest BCUT2D eigenvalue weighted by Gasteiger charge is -2.11. The van der Waals surface area contributed by atoms with Gasteiger partial charge in [-0.25, -0.2) is 0 Å². The van der Waals surface area contributed by atoms with Gasteiger partial charge in [-0.3, -0.25) is 4.79 Å². The van der Waals surface area contributed by atoms with E-state index in [1.54, 1.807) is 6.92 Å². The van der Waals surface area contributed by atoms with E-state index in [-0.39, 0.29) is 5.78 Å². The lowest BCUT2D eigenvalue weighted by molar-refractivity contribution is 0.101. The second-order valence-corrected chi connectivity index (χ2v) is 5.21. The second-order valence-electron chi connectivity index (χ2n) is 3.85. The summed E-state index contributed by atoms with van der Waals surface area (Å²) in [7, 11) is 0. The van der Waals surface area contributed by atoms with Gasteiger partial charge in [-0.05, 0) is 25.3 Å². The second kappa shape index (κ2) is 4.84. The summed E-state index contributed by atoms with van der Waals surface area (Å²) in [5.74, 6) is -0.0707. The molecule has 3 nitrogen and oxygen atoms in total. The third-order valence-electron chi connectivity index (χ3n) is 2.63. The Morgan fingerprint density at radius 1 is 1.56 bits per heavy atom. The average molecular weight is 274 g/mol. The number of rotatable bonds is 2. The smallest absolute Gasteiger partial charge is 0.162 e. The quantitative estimate of drug-likeness (QED) is 0.668. The SMILES string of the molecule is CC(=O)c1c(C)[nH]c(=S)c(C#N)c1-c1cccs1. The number of nitrogens with zero attached hydrogens (tertiary/aromatic N) is 1. The maximum atomic E-state index is 11.8. The Balaban J connectivity index is 2.96. The van der Waals surface area contributed by atoms with Crippen LogP contribution in [0.4, 0.5) is 0 Å². The van der Waals surface area contributed by atoms with Crippen LogP contribution in [0, 0.1) is 22.9 Å². The molecule has 0 aliphatic carbocycles. The number of nitrogens with one attached hydrogen (secondary N) is 1. The van der Waals surface area contributed by atoms with Gasteiger partial charge in [-0.1, -0.05) is 18.3 Å². The molecule has 2 aromatic rings. The Kier molecular flexibility index (Phi) is 3.41. The average Bonchev–Trinajstić information content (AvgIpc) is 2.80. The standard InChI is InChI=1S/C13H10N2OS2/c1-7-11(8(2)16)12(10-4-3-5-18-10)9(6-14)13(17)15-7/h3-5H,1-2H3,(H,15,17). The van der Waals surface area contributed by atoms with Gasteiger partial charge in [0.05, 0.1) is 5.56 Å². The molecule has 18 heavy (non-hydrogen) atoms. The third kappa shape index (κ3) is 2.01. The van der Waals surface area contributed by atoms with E-state index in [0.717, 1.165) is 4.88 Å². The fourth-order valence-electron chi connectivity index (χ4n) is 1.94. The highest BCUT2D eigenvalue weighted by atomic mass is 32.1. The molecule has 0 aliphatic heterocycles. The molecule has 0 spiro atoms. The molecule has 2 heterocycles. The number of nitriles is 1. The maximum absolute atomic E-state index is 11.8. The Morgan fingerprint density at radius 3 is 2.78 bits per heavy atom. The number of Topliss-reactive ketones (excluding diaryl/α,β-unsaturated/α-hetero) is 1. The van der Waals surface area contributed by atoms with Gasteiger partial charge in [-0.2, -0.15) is 5.26 Å². The van der Waals surface area contributed by atoms with Crippen molar-refractivity contribution in [3.8, 4) is 16.5 Å². The Labute approximate surface area is 114 Å². The Morgan fingerprint density at radius 2 is 2.28 bits per heavy atom. The van der Waals surface area contributed by atoms with Crippen LogP contribution < -0.4 is 0 Å². The van der Waals surface area contributed by atoms with E-state index in [0.29, 0.717) is 27.0 Å². The fourth-order valence-corrected chi connectivity index (χ4v) is 3.02. The molecular formula is C13H10N2OS2. The number of carbonyl (C=O) groups is 1. The summed E-state index contributed by atoms with van der Waals surface area (Å²) >= 11 is 6.65. The normalized spacial score (nSPS) is 10.1. The molecule has 0 unspecified atom stereocenters. The molecule has 0 saturated carbocycles. The van der Waals surface area contributed by atoms with E-state index in [4.69, 9.17) is 12.2 Å². The maximum Gasteiger partial charge on any atom is 0.162 e. The first kappa shape index (κ1) is 12.7. The third-order valence-corrected chi connectivity index (χ3v) is 3.83. The monoisotopic (exact) mass is 274 g/mol. The van der Waals surface area contributed by atoms with Crippen LogP contribution in [-0.2, 0) is 0 Å². The van der Waals surface area contributed by atoms with E-state index in [1.807, 2.05) is 17.5 Å². The molecule has 90 valence electrons. The number of ketones is 1. The van der Waals surface area contributed by atoms with E-state index in [9.17, 15) is 10.1 Å². The molecule has 2 aromatic heterocycles. The minimum atomic E-state index is -0.0707. The van der Waals surface area contributed by atoms with E-state index >= 15 is 0 Å². The topological polar surface area (TPSA) is 56.6 Å². The van der Waals surface area contributed by atoms with Crippen molar-refractivity contribution in [1.29, 1.82) is 5.26 Å². The minimum absolute atomic E-state index is 0.0707. The van der Waals surface area contributed by atoms with E-state index < -0.39 is 0 Å². The summed E-state index contributed by atoms with van der Waals surface area (Å²) in [5.41, 5.74) is 2.27.